The SMILES string of the molecule is CCOC(=O)c1c(C(C)(C)C)[nH]n2nc(-c3ccc(Cc4cc(C)cc(C)c4)cc3)nc12. The van der Waals surface area contributed by atoms with Crippen molar-refractivity contribution in [2.45, 2.75) is 53.4 Å². The summed E-state index contributed by atoms with van der Waals surface area (Å²) in [6.45, 7) is 12.5. The van der Waals surface area contributed by atoms with Crippen LogP contribution in [0.15, 0.2) is 42.5 Å². The van der Waals surface area contributed by atoms with Crippen LogP contribution in [-0.4, -0.2) is 32.4 Å². The number of carbonyl (C=O) groups excluding carboxylic acids is 1. The van der Waals surface area contributed by atoms with Crippen LogP contribution < -0.4 is 0 Å². The number of rotatable bonds is 5. The third kappa shape index (κ3) is 4.31. The van der Waals surface area contributed by atoms with Crippen molar-refractivity contribution in [1.29, 1.82) is 0 Å². The zero-order chi connectivity index (χ0) is 23.0. The Hall–Kier alpha value is -3.41. The Morgan fingerprint density at radius 2 is 1.69 bits per heavy atom. The molecule has 0 amide bonds. The van der Waals surface area contributed by atoms with E-state index in [4.69, 9.17) is 4.74 Å². The molecule has 0 aliphatic heterocycles. The van der Waals surface area contributed by atoms with Gasteiger partial charge in [-0.3, -0.25) is 5.10 Å². The molecule has 2 heterocycles. The van der Waals surface area contributed by atoms with E-state index in [9.17, 15) is 4.79 Å². The van der Waals surface area contributed by atoms with Crippen LogP contribution in [0.1, 0.15) is 66.0 Å². The predicted molar refractivity (Wildman–Crippen MR) is 126 cm³/mol. The summed E-state index contributed by atoms with van der Waals surface area (Å²) in [6, 6.07) is 14.9. The number of nitrogens with one attached hydrogen (secondary N) is 1. The maximum absolute atomic E-state index is 12.7. The summed E-state index contributed by atoms with van der Waals surface area (Å²) in [5, 5.41) is 7.83. The van der Waals surface area contributed by atoms with Gasteiger partial charge in [0, 0.05) is 11.0 Å². The van der Waals surface area contributed by atoms with E-state index < -0.39 is 0 Å². The topological polar surface area (TPSA) is 72.3 Å². The molecule has 32 heavy (non-hydrogen) atoms. The Kier molecular flexibility index (Phi) is 5.63. The van der Waals surface area contributed by atoms with Gasteiger partial charge in [0.1, 0.15) is 5.56 Å². The lowest BCUT2D eigenvalue weighted by Crippen LogP contribution is -2.18. The molecule has 0 bridgehead atoms. The first kappa shape index (κ1) is 21.8. The third-order valence-electron chi connectivity index (χ3n) is 5.43. The Bertz CT molecular complexity index is 1250. The second-order valence-electron chi connectivity index (χ2n) is 9.37. The van der Waals surface area contributed by atoms with E-state index in [2.05, 4.69) is 59.4 Å². The highest BCUT2D eigenvalue weighted by molar-refractivity contribution is 5.97. The molecule has 0 saturated carbocycles. The van der Waals surface area contributed by atoms with Gasteiger partial charge < -0.3 is 4.74 Å². The van der Waals surface area contributed by atoms with E-state index >= 15 is 0 Å². The number of ether oxygens (including phenoxy) is 1. The van der Waals surface area contributed by atoms with Crippen molar-refractivity contribution in [3.63, 3.8) is 0 Å². The van der Waals surface area contributed by atoms with Crippen molar-refractivity contribution in [1.82, 2.24) is 19.8 Å². The first-order valence-electron chi connectivity index (χ1n) is 11.0. The molecule has 0 saturated heterocycles. The maximum Gasteiger partial charge on any atom is 0.343 e. The van der Waals surface area contributed by atoms with Crippen LogP contribution in [0.25, 0.3) is 17.0 Å². The minimum atomic E-state index is -0.383. The molecule has 1 N–H and O–H groups in total. The molecule has 166 valence electrons. The Labute approximate surface area is 188 Å². The number of carbonyl (C=O) groups is 1. The smallest absolute Gasteiger partial charge is 0.343 e. The number of fused-ring (bicyclic) bond motifs is 1. The van der Waals surface area contributed by atoms with Crippen molar-refractivity contribution < 1.29 is 9.53 Å². The second-order valence-corrected chi connectivity index (χ2v) is 9.37. The highest BCUT2D eigenvalue weighted by atomic mass is 16.5. The lowest BCUT2D eigenvalue weighted by Gasteiger charge is -2.17. The van der Waals surface area contributed by atoms with E-state index in [-0.39, 0.29) is 11.4 Å². The number of hydrogen-bond acceptors (Lipinski definition) is 4. The van der Waals surface area contributed by atoms with Crippen LogP contribution in [0.2, 0.25) is 0 Å². The summed E-state index contributed by atoms with van der Waals surface area (Å²) in [5.41, 5.74) is 7.41. The molecule has 0 fully saturated rings. The van der Waals surface area contributed by atoms with Gasteiger partial charge in [-0.25, -0.2) is 9.78 Å². The third-order valence-corrected chi connectivity index (χ3v) is 5.43. The number of H-pyrrole nitrogens is 1. The molecule has 0 unspecified atom stereocenters. The van der Waals surface area contributed by atoms with Crippen molar-refractivity contribution in [3.05, 3.63) is 76.0 Å². The molecule has 6 nitrogen and oxygen atoms in total. The van der Waals surface area contributed by atoms with Crippen LogP contribution >= 0.6 is 0 Å². The molecule has 0 spiro atoms. The van der Waals surface area contributed by atoms with Crippen molar-refractivity contribution in [2.75, 3.05) is 6.61 Å². The summed E-state index contributed by atoms with van der Waals surface area (Å²) in [5.74, 6) is 0.187. The normalized spacial score (nSPS) is 11.8. The minimum Gasteiger partial charge on any atom is -0.462 e. The summed E-state index contributed by atoms with van der Waals surface area (Å²) < 4.78 is 6.87. The Morgan fingerprint density at radius 3 is 2.28 bits per heavy atom. The molecule has 0 atom stereocenters. The fourth-order valence-corrected chi connectivity index (χ4v) is 4.07. The molecular weight excluding hydrogens is 400 g/mol. The van der Waals surface area contributed by atoms with Crippen LogP contribution in [0.5, 0.6) is 0 Å². The number of aromatic amines is 1. The van der Waals surface area contributed by atoms with Gasteiger partial charge in [-0.15, -0.1) is 5.10 Å². The molecule has 0 aliphatic carbocycles. The zero-order valence-corrected chi connectivity index (χ0v) is 19.6. The van der Waals surface area contributed by atoms with Crippen molar-refractivity contribution in [2.24, 2.45) is 0 Å². The first-order chi connectivity index (χ1) is 15.2. The molecule has 6 heteroatoms. The first-order valence-corrected chi connectivity index (χ1v) is 11.0. The number of esters is 1. The van der Waals surface area contributed by atoms with Gasteiger partial charge in [0.25, 0.3) is 0 Å². The van der Waals surface area contributed by atoms with E-state index in [1.807, 2.05) is 32.9 Å². The summed E-state index contributed by atoms with van der Waals surface area (Å²) in [4.78, 5) is 17.4. The molecule has 2 aromatic carbocycles. The van der Waals surface area contributed by atoms with Gasteiger partial charge in [0.2, 0.25) is 0 Å². The summed E-state index contributed by atoms with van der Waals surface area (Å²) in [7, 11) is 0. The Morgan fingerprint density at radius 1 is 1.03 bits per heavy atom. The van der Waals surface area contributed by atoms with Crippen LogP contribution in [0.3, 0.4) is 0 Å². The number of nitrogens with zero attached hydrogens (tertiary/aromatic N) is 3. The van der Waals surface area contributed by atoms with Gasteiger partial charge in [-0.2, -0.15) is 4.63 Å². The fourth-order valence-electron chi connectivity index (χ4n) is 4.07. The lowest BCUT2D eigenvalue weighted by molar-refractivity contribution is 0.0525. The number of aromatic nitrogens is 4. The summed E-state index contributed by atoms with van der Waals surface area (Å²) >= 11 is 0. The van der Waals surface area contributed by atoms with Gasteiger partial charge in [0.05, 0.1) is 12.3 Å². The number of benzene rings is 2. The van der Waals surface area contributed by atoms with Crippen LogP contribution in [-0.2, 0) is 16.6 Å². The van der Waals surface area contributed by atoms with E-state index in [1.54, 1.807) is 11.6 Å². The zero-order valence-electron chi connectivity index (χ0n) is 19.6. The maximum atomic E-state index is 12.7. The molecule has 0 radical (unpaired) electrons. The average molecular weight is 431 g/mol. The molecule has 0 aliphatic rings. The van der Waals surface area contributed by atoms with Gasteiger partial charge in [0.15, 0.2) is 11.5 Å². The quantitative estimate of drug-likeness (QED) is 0.430. The number of aryl methyl sites for hydroxylation is 2. The molecule has 4 rings (SSSR count). The monoisotopic (exact) mass is 430 g/mol. The van der Waals surface area contributed by atoms with Crippen LogP contribution in [0.4, 0.5) is 0 Å². The standard InChI is InChI=1S/C26H30N4O2/c1-7-32-25(31)21-22(26(4,5)6)28-30-24(21)27-23(29-30)20-10-8-18(9-11-20)15-19-13-16(2)12-17(3)14-19/h8-14,28H,7,15H2,1-6H3. The minimum absolute atomic E-state index is 0.277. The fraction of sp³-hybridized carbons (Fsp3) is 0.346. The number of hydrogen-bond donors (Lipinski definition) is 1. The van der Waals surface area contributed by atoms with Crippen molar-refractivity contribution >= 4 is 11.6 Å². The highest BCUT2D eigenvalue weighted by Gasteiger charge is 2.30. The van der Waals surface area contributed by atoms with E-state index in [1.165, 1.54) is 22.3 Å². The van der Waals surface area contributed by atoms with E-state index in [0.717, 1.165) is 17.7 Å². The summed E-state index contributed by atoms with van der Waals surface area (Å²) in [6.07, 6.45) is 0.877. The largest absolute Gasteiger partial charge is 0.462 e. The second kappa shape index (κ2) is 8.26. The van der Waals surface area contributed by atoms with Gasteiger partial charge in [-0.1, -0.05) is 74.4 Å². The average Bonchev–Trinajstić information content (AvgIpc) is 3.25. The Balaban J connectivity index is 1.66. The lowest BCUT2D eigenvalue weighted by atomic mass is 9.89. The molecule has 2 aromatic heterocycles. The van der Waals surface area contributed by atoms with Crippen molar-refractivity contribution in [3.8, 4) is 11.4 Å². The molecular formula is C26H30N4O2. The van der Waals surface area contributed by atoms with Gasteiger partial charge >= 0.3 is 5.97 Å². The predicted octanol–water partition coefficient (Wildman–Crippen LogP) is 5.41. The van der Waals surface area contributed by atoms with Crippen LogP contribution in [0, 0.1) is 13.8 Å². The van der Waals surface area contributed by atoms with Gasteiger partial charge in [-0.05, 0) is 38.3 Å². The highest BCUT2D eigenvalue weighted by Crippen LogP contribution is 2.29. The van der Waals surface area contributed by atoms with E-state index in [0.29, 0.717) is 23.6 Å². The molecule has 4 aromatic rings.